The second kappa shape index (κ2) is 6.34. The lowest BCUT2D eigenvalue weighted by atomic mass is 10.3. The minimum Gasteiger partial charge on any atom is -0.396 e. The highest BCUT2D eigenvalue weighted by Crippen LogP contribution is 2.32. The zero-order valence-corrected chi connectivity index (χ0v) is 13.1. The lowest BCUT2D eigenvalue weighted by Gasteiger charge is -2.12. The summed E-state index contributed by atoms with van der Waals surface area (Å²) in [6.45, 7) is 2.24. The van der Waals surface area contributed by atoms with Crippen LogP contribution in [0.1, 0.15) is 6.92 Å². The summed E-state index contributed by atoms with van der Waals surface area (Å²) < 4.78 is 26.5. The number of rotatable bonds is 5. The highest BCUT2D eigenvalue weighted by molar-refractivity contribution is 7.99. The minimum absolute atomic E-state index is 0.0493. The zero-order valence-electron chi connectivity index (χ0n) is 9.91. The second-order valence-electron chi connectivity index (χ2n) is 3.67. The van der Waals surface area contributed by atoms with Crippen LogP contribution in [0.4, 0.5) is 5.69 Å². The second-order valence-corrected chi connectivity index (χ2v) is 7.47. The Morgan fingerprint density at radius 3 is 2.61 bits per heavy atom. The van der Waals surface area contributed by atoms with E-state index < -0.39 is 10.0 Å². The van der Waals surface area contributed by atoms with Crippen LogP contribution >= 0.6 is 35.0 Å². The maximum Gasteiger partial charge on any atom is 0.242 e. The van der Waals surface area contributed by atoms with E-state index in [0.29, 0.717) is 6.54 Å². The topological polar surface area (TPSA) is 72.2 Å². The molecule has 1 unspecified atom stereocenters. The molecule has 1 aromatic carbocycles. The van der Waals surface area contributed by atoms with Gasteiger partial charge in [0.05, 0.1) is 15.7 Å². The average molecular weight is 329 g/mol. The fourth-order valence-electron chi connectivity index (χ4n) is 1.15. The molecule has 1 atom stereocenters. The van der Waals surface area contributed by atoms with Gasteiger partial charge in [-0.15, -0.1) is 0 Å². The summed E-state index contributed by atoms with van der Waals surface area (Å²) in [5, 5.41) is 0.353. The van der Waals surface area contributed by atoms with Crippen LogP contribution in [0.15, 0.2) is 17.0 Å². The molecular formula is C10H14Cl2N2O2S2. The van der Waals surface area contributed by atoms with Gasteiger partial charge in [0, 0.05) is 11.8 Å². The SMILES string of the molecule is CSC(C)CNS(=O)(=O)c1ccc(Cl)c(N)c1Cl. The molecule has 8 heteroatoms. The van der Waals surface area contributed by atoms with E-state index in [4.69, 9.17) is 28.9 Å². The van der Waals surface area contributed by atoms with Crippen LogP contribution in [-0.2, 0) is 10.0 Å². The number of nitrogen functional groups attached to an aromatic ring is 1. The number of nitrogens with one attached hydrogen (secondary N) is 1. The molecule has 4 nitrogen and oxygen atoms in total. The van der Waals surface area contributed by atoms with Crippen LogP contribution < -0.4 is 10.5 Å². The average Bonchev–Trinajstić information content (AvgIpc) is 2.32. The number of hydrogen-bond acceptors (Lipinski definition) is 4. The Kier molecular flexibility index (Phi) is 5.61. The molecule has 0 fully saturated rings. The van der Waals surface area contributed by atoms with Crippen molar-refractivity contribution in [2.24, 2.45) is 0 Å². The molecule has 0 saturated carbocycles. The van der Waals surface area contributed by atoms with E-state index in [1.165, 1.54) is 12.1 Å². The summed E-state index contributed by atoms with van der Waals surface area (Å²) in [5.41, 5.74) is 5.67. The third-order valence-electron chi connectivity index (χ3n) is 2.34. The first-order chi connectivity index (χ1) is 8.29. The summed E-state index contributed by atoms with van der Waals surface area (Å²) in [7, 11) is -3.67. The fraction of sp³-hybridized carbons (Fsp3) is 0.400. The van der Waals surface area contributed by atoms with Gasteiger partial charge in [-0.05, 0) is 18.4 Å². The Balaban J connectivity index is 3.03. The van der Waals surface area contributed by atoms with Crippen LogP contribution in [0.3, 0.4) is 0 Å². The van der Waals surface area contributed by atoms with Crippen LogP contribution in [0.2, 0.25) is 10.0 Å². The number of anilines is 1. The summed E-state index contributed by atoms with van der Waals surface area (Å²) in [6, 6.07) is 2.75. The monoisotopic (exact) mass is 328 g/mol. The van der Waals surface area contributed by atoms with Gasteiger partial charge in [0.1, 0.15) is 4.90 Å². The van der Waals surface area contributed by atoms with E-state index in [-0.39, 0.29) is 25.9 Å². The Bertz CT molecular complexity index is 535. The molecule has 0 heterocycles. The molecule has 102 valence electrons. The van der Waals surface area contributed by atoms with Crippen molar-refractivity contribution in [2.75, 3.05) is 18.5 Å². The highest BCUT2D eigenvalue weighted by atomic mass is 35.5. The molecular weight excluding hydrogens is 315 g/mol. The highest BCUT2D eigenvalue weighted by Gasteiger charge is 2.20. The number of benzene rings is 1. The quantitative estimate of drug-likeness (QED) is 0.815. The lowest BCUT2D eigenvalue weighted by Crippen LogP contribution is -2.29. The van der Waals surface area contributed by atoms with Crippen molar-refractivity contribution in [2.45, 2.75) is 17.1 Å². The van der Waals surface area contributed by atoms with Gasteiger partial charge in [0.25, 0.3) is 0 Å². The first kappa shape index (κ1) is 15.9. The van der Waals surface area contributed by atoms with Crippen molar-refractivity contribution in [1.82, 2.24) is 4.72 Å². The van der Waals surface area contributed by atoms with E-state index in [2.05, 4.69) is 4.72 Å². The predicted molar refractivity (Wildman–Crippen MR) is 79.0 cm³/mol. The van der Waals surface area contributed by atoms with Gasteiger partial charge in [-0.2, -0.15) is 11.8 Å². The van der Waals surface area contributed by atoms with Crippen LogP contribution in [-0.4, -0.2) is 26.5 Å². The Labute approximate surface area is 121 Å². The number of hydrogen-bond donors (Lipinski definition) is 2. The molecule has 0 aliphatic carbocycles. The Morgan fingerprint density at radius 2 is 2.06 bits per heavy atom. The van der Waals surface area contributed by atoms with Crippen LogP contribution in [0, 0.1) is 0 Å². The predicted octanol–water partition coefficient (Wildman–Crippen LogP) is 2.61. The van der Waals surface area contributed by atoms with Gasteiger partial charge < -0.3 is 5.73 Å². The lowest BCUT2D eigenvalue weighted by molar-refractivity contribution is 0.581. The van der Waals surface area contributed by atoms with Crippen molar-refractivity contribution in [3.8, 4) is 0 Å². The molecule has 0 aromatic heterocycles. The third-order valence-corrected chi connectivity index (χ3v) is 5.63. The molecule has 0 aliphatic rings. The molecule has 0 spiro atoms. The summed E-state index contributed by atoms with van der Waals surface area (Å²) in [6.07, 6.45) is 1.91. The van der Waals surface area contributed by atoms with Gasteiger partial charge in [-0.25, -0.2) is 13.1 Å². The normalized spacial score (nSPS) is 13.6. The molecule has 0 radical (unpaired) electrons. The smallest absolute Gasteiger partial charge is 0.242 e. The summed E-state index contributed by atoms with van der Waals surface area (Å²) >= 11 is 13.2. The maximum absolute atomic E-state index is 12.0. The van der Waals surface area contributed by atoms with Gasteiger partial charge in [-0.1, -0.05) is 30.1 Å². The van der Waals surface area contributed by atoms with Gasteiger partial charge in [0.15, 0.2) is 0 Å². The van der Waals surface area contributed by atoms with Gasteiger partial charge in [-0.3, -0.25) is 0 Å². The first-order valence-electron chi connectivity index (χ1n) is 5.05. The van der Waals surface area contributed by atoms with Crippen molar-refractivity contribution in [3.05, 3.63) is 22.2 Å². The fourth-order valence-corrected chi connectivity index (χ4v) is 3.39. The van der Waals surface area contributed by atoms with E-state index in [0.717, 1.165) is 0 Å². The minimum atomic E-state index is -3.67. The number of halogens is 2. The van der Waals surface area contributed by atoms with Crippen LogP contribution in [0.25, 0.3) is 0 Å². The molecule has 1 aromatic rings. The first-order valence-corrected chi connectivity index (χ1v) is 8.58. The molecule has 3 N–H and O–H groups in total. The number of sulfonamides is 1. The standard InChI is InChI=1S/C10H14Cl2N2O2S2/c1-6(17-2)5-14-18(15,16)8-4-3-7(11)10(13)9(8)12/h3-4,6,14H,5,13H2,1-2H3. The van der Waals surface area contributed by atoms with Crippen molar-refractivity contribution in [1.29, 1.82) is 0 Å². The molecule has 18 heavy (non-hydrogen) atoms. The maximum atomic E-state index is 12.0. The molecule has 0 aliphatic heterocycles. The van der Waals surface area contributed by atoms with Crippen molar-refractivity contribution in [3.63, 3.8) is 0 Å². The number of thioether (sulfide) groups is 1. The third kappa shape index (κ3) is 3.68. The molecule has 0 amide bonds. The Morgan fingerprint density at radius 1 is 1.44 bits per heavy atom. The van der Waals surface area contributed by atoms with Crippen molar-refractivity contribution >= 4 is 50.7 Å². The van der Waals surface area contributed by atoms with Gasteiger partial charge in [0.2, 0.25) is 10.0 Å². The van der Waals surface area contributed by atoms with Crippen LogP contribution in [0.5, 0.6) is 0 Å². The Hall–Kier alpha value is -0.140. The summed E-state index contributed by atoms with van der Waals surface area (Å²) in [4.78, 5) is -0.0561. The zero-order chi connectivity index (χ0) is 13.9. The van der Waals surface area contributed by atoms with E-state index in [1.807, 2.05) is 13.2 Å². The van der Waals surface area contributed by atoms with E-state index >= 15 is 0 Å². The van der Waals surface area contributed by atoms with Gasteiger partial charge >= 0.3 is 0 Å². The summed E-state index contributed by atoms with van der Waals surface area (Å²) in [5.74, 6) is 0. The van der Waals surface area contributed by atoms with Crippen molar-refractivity contribution < 1.29 is 8.42 Å². The van der Waals surface area contributed by atoms with E-state index in [9.17, 15) is 8.42 Å². The molecule has 1 rings (SSSR count). The number of nitrogens with two attached hydrogens (primary N) is 1. The largest absolute Gasteiger partial charge is 0.396 e. The van der Waals surface area contributed by atoms with E-state index in [1.54, 1.807) is 11.8 Å². The molecule has 0 saturated heterocycles. The molecule has 0 bridgehead atoms.